The largest absolute Gasteiger partial charge is 0.274 e. The van der Waals surface area contributed by atoms with Crippen LogP contribution in [0.25, 0.3) is 0 Å². The summed E-state index contributed by atoms with van der Waals surface area (Å²) in [4.78, 5) is 23.8. The lowest BCUT2D eigenvalue weighted by molar-refractivity contribution is -0.123. The number of aryl methyl sites for hydroxylation is 1. The lowest BCUT2D eigenvalue weighted by Crippen LogP contribution is -2.50. The van der Waals surface area contributed by atoms with Gasteiger partial charge in [-0.15, -0.1) is 23.2 Å². The van der Waals surface area contributed by atoms with Crippen LogP contribution < -0.4 is 4.90 Å². The van der Waals surface area contributed by atoms with Crippen LogP contribution in [0, 0.1) is 18.8 Å². The third-order valence-electron chi connectivity index (χ3n) is 5.27. The van der Waals surface area contributed by atoms with Gasteiger partial charge in [0.1, 0.15) is 9.75 Å². The SMILES string of the molecule is Cc1ccccc1N1C(=O)[C@@H]2[C@H](C1=O)[C@]1(Cl)C(Cl)=C(Cl)[C@]2(Cl)C1(Cl)Cl. The molecule has 1 heterocycles. The second kappa shape index (κ2) is 5.21. The zero-order chi connectivity index (χ0) is 18.5. The molecule has 0 aromatic heterocycles. The molecule has 2 aliphatic carbocycles. The first-order valence-corrected chi connectivity index (χ1v) is 9.55. The van der Waals surface area contributed by atoms with Gasteiger partial charge in [-0.2, -0.15) is 0 Å². The number of benzene rings is 1. The van der Waals surface area contributed by atoms with Gasteiger partial charge in [0, 0.05) is 0 Å². The Kier molecular flexibility index (Phi) is 3.80. The molecule has 0 spiro atoms. The lowest BCUT2D eigenvalue weighted by Gasteiger charge is -2.34. The fourth-order valence-corrected chi connectivity index (χ4v) is 6.98. The van der Waals surface area contributed by atoms with Gasteiger partial charge in [0.15, 0.2) is 4.33 Å². The summed E-state index contributed by atoms with van der Waals surface area (Å²) in [5, 5.41) is -0.185. The second-order valence-electron chi connectivity index (χ2n) is 6.38. The molecule has 0 radical (unpaired) electrons. The first-order valence-electron chi connectivity index (χ1n) is 7.28. The van der Waals surface area contributed by atoms with Crippen molar-refractivity contribution >= 4 is 87.1 Å². The molecule has 0 N–H and O–H groups in total. The van der Waals surface area contributed by atoms with Crippen molar-refractivity contribution in [3.63, 3.8) is 0 Å². The maximum atomic E-state index is 13.1. The molecule has 2 bridgehead atoms. The quantitative estimate of drug-likeness (QED) is 0.440. The van der Waals surface area contributed by atoms with E-state index in [1.807, 2.05) is 0 Å². The van der Waals surface area contributed by atoms with E-state index < -0.39 is 37.7 Å². The molecule has 1 aromatic carbocycles. The Bertz CT molecular complexity index is 837. The smallest absolute Gasteiger partial charge is 0.240 e. The Morgan fingerprint density at radius 2 is 1.32 bits per heavy atom. The molecule has 25 heavy (non-hydrogen) atoms. The van der Waals surface area contributed by atoms with E-state index in [0.29, 0.717) is 5.69 Å². The summed E-state index contributed by atoms with van der Waals surface area (Å²) in [6, 6.07) is 6.99. The van der Waals surface area contributed by atoms with E-state index in [2.05, 4.69) is 0 Å². The number of anilines is 1. The van der Waals surface area contributed by atoms with Crippen molar-refractivity contribution in [2.45, 2.75) is 21.0 Å². The number of hydrogen-bond acceptors (Lipinski definition) is 2. The number of carbonyl (C=O) groups is 2. The van der Waals surface area contributed by atoms with E-state index >= 15 is 0 Å². The van der Waals surface area contributed by atoms with Crippen molar-refractivity contribution in [1.82, 2.24) is 0 Å². The van der Waals surface area contributed by atoms with Gasteiger partial charge in [-0.25, -0.2) is 4.90 Å². The molecule has 1 aliphatic heterocycles. The van der Waals surface area contributed by atoms with Gasteiger partial charge in [0.25, 0.3) is 0 Å². The van der Waals surface area contributed by atoms with Crippen molar-refractivity contribution in [2.75, 3.05) is 4.90 Å². The molecule has 1 saturated heterocycles. The van der Waals surface area contributed by atoms with Crippen molar-refractivity contribution in [2.24, 2.45) is 11.8 Å². The Hall–Kier alpha value is -0.160. The molecule has 1 aromatic rings. The lowest BCUT2D eigenvalue weighted by atomic mass is 9.84. The third kappa shape index (κ3) is 1.74. The summed E-state index contributed by atoms with van der Waals surface area (Å²) in [6.45, 7) is 1.79. The zero-order valence-corrected chi connectivity index (χ0v) is 17.0. The molecule has 3 aliphatic rings. The molecule has 2 fully saturated rings. The monoisotopic (exact) mass is 457 g/mol. The van der Waals surface area contributed by atoms with E-state index in [9.17, 15) is 9.59 Å². The van der Waals surface area contributed by atoms with Crippen LogP contribution in [-0.2, 0) is 9.59 Å². The van der Waals surface area contributed by atoms with Crippen LogP contribution in [0.3, 0.4) is 0 Å². The van der Waals surface area contributed by atoms with Gasteiger partial charge < -0.3 is 0 Å². The number of fused-ring (bicyclic) bond motifs is 5. The van der Waals surface area contributed by atoms with E-state index in [-0.39, 0.29) is 10.1 Å². The highest BCUT2D eigenvalue weighted by Crippen LogP contribution is 2.77. The molecule has 9 heteroatoms. The predicted molar refractivity (Wildman–Crippen MR) is 101 cm³/mol. The number of rotatable bonds is 1. The molecule has 0 unspecified atom stereocenters. The number of imide groups is 1. The maximum absolute atomic E-state index is 13.1. The minimum absolute atomic E-state index is 0.0927. The standard InChI is InChI=1S/C16H9Cl6NO2/c1-6-4-2-3-5-7(6)23-12(24)8-9(13(23)25)15(20)11(18)10(17)14(8,19)16(15,21)22/h2-5,8-9H,1H3/t8-,9+,14-,15-/m0/s1. The number of hydrogen-bond donors (Lipinski definition) is 0. The first kappa shape index (κ1) is 18.2. The Labute approximate surface area is 173 Å². The number of allylic oxidation sites excluding steroid dienone is 2. The number of para-hydroxylation sites is 1. The fraction of sp³-hybridized carbons (Fsp3) is 0.375. The van der Waals surface area contributed by atoms with Crippen molar-refractivity contribution in [1.29, 1.82) is 0 Å². The van der Waals surface area contributed by atoms with Gasteiger partial charge in [0.2, 0.25) is 11.8 Å². The van der Waals surface area contributed by atoms with Crippen LogP contribution in [0.1, 0.15) is 5.56 Å². The first-order chi connectivity index (χ1) is 11.5. The summed E-state index contributed by atoms with van der Waals surface area (Å²) in [5.74, 6) is -3.31. The molecule has 4 rings (SSSR count). The van der Waals surface area contributed by atoms with Crippen molar-refractivity contribution < 1.29 is 9.59 Å². The predicted octanol–water partition coefficient (Wildman–Crippen LogP) is 4.95. The van der Waals surface area contributed by atoms with Gasteiger partial charge in [-0.3, -0.25) is 9.59 Å². The summed E-state index contributed by atoms with van der Waals surface area (Å²) in [7, 11) is 0. The van der Waals surface area contributed by atoms with Crippen LogP contribution in [0.5, 0.6) is 0 Å². The van der Waals surface area contributed by atoms with Crippen molar-refractivity contribution in [3.05, 3.63) is 39.9 Å². The highest BCUT2D eigenvalue weighted by Gasteiger charge is 2.87. The maximum Gasteiger partial charge on any atom is 0.240 e. The fourth-order valence-electron chi connectivity index (χ4n) is 4.05. The van der Waals surface area contributed by atoms with Gasteiger partial charge in [-0.1, -0.05) is 64.6 Å². The molecule has 132 valence electrons. The number of amides is 2. The van der Waals surface area contributed by atoms with Gasteiger partial charge in [0.05, 0.1) is 27.6 Å². The van der Waals surface area contributed by atoms with E-state index in [4.69, 9.17) is 69.6 Å². The minimum atomic E-state index is -1.91. The van der Waals surface area contributed by atoms with E-state index in [1.165, 1.54) is 0 Å². The topological polar surface area (TPSA) is 37.4 Å². The summed E-state index contributed by atoms with van der Waals surface area (Å²) in [5.41, 5.74) is 1.20. The number of nitrogens with zero attached hydrogens (tertiary/aromatic N) is 1. The zero-order valence-electron chi connectivity index (χ0n) is 12.5. The Morgan fingerprint density at radius 1 is 0.880 bits per heavy atom. The van der Waals surface area contributed by atoms with Crippen molar-refractivity contribution in [3.8, 4) is 0 Å². The van der Waals surface area contributed by atoms with E-state index in [0.717, 1.165) is 10.5 Å². The second-order valence-corrected chi connectivity index (χ2v) is 9.66. The van der Waals surface area contributed by atoms with Gasteiger partial charge >= 0.3 is 0 Å². The summed E-state index contributed by atoms with van der Waals surface area (Å²) in [6.07, 6.45) is 0. The summed E-state index contributed by atoms with van der Waals surface area (Å²) < 4.78 is -1.91. The Balaban J connectivity index is 1.94. The highest BCUT2D eigenvalue weighted by atomic mass is 35.5. The highest BCUT2D eigenvalue weighted by molar-refractivity contribution is 6.67. The van der Waals surface area contributed by atoms with Crippen LogP contribution in [0.2, 0.25) is 0 Å². The van der Waals surface area contributed by atoms with Gasteiger partial charge in [-0.05, 0) is 18.6 Å². The summed E-state index contributed by atoms with van der Waals surface area (Å²) >= 11 is 38.7. The van der Waals surface area contributed by atoms with Crippen LogP contribution in [-0.4, -0.2) is 25.9 Å². The van der Waals surface area contributed by atoms with Crippen LogP contribution in [0.4, 0.5) is 5.69 Å². The molecule has 1 saturated carbocycles. The van der Waals surface area contributed by atoms with Crippen LogP contribution >= 0.6 is 69.6 Å². The number of carbonyl (C=O) groups excluding carboxylic acids is 2. The minimum Gasteiger partial charge on any atom is -0.274 e. The molecule has 4 atom stereocenters. The third-order valence-corrected chi connectivity index (χ3v) is 9.52. The molecule has 2 amide bonds. The molecular weight excluding hydrogens is 451 g/mol. The number of halogens is 6. The normalized spacial score (nSPS) is 38.8. The van der Waals surface area contributed by atoms with E-state index in [1.54, 1.807) is 31.2 Å². The Morgan fingerprint density at radius 3 is 1.76 bits per heavy atom. The average molecular weight is 460 g/mol. The average Bonchev–Trinajstić information content (AvgIpc) is 2.93. The van der Waals surface area contributed by atoms with Crippen LogP contribution in [0.15, 0.2) is 34.3 Å². The molecule has 3 nitrogen and oxygen atoms in total. The number of alkyl halides is 4. The molecular formula is C16H9Cl6NO2.